The van der Waals surface area contributed by atoms with Crippen LogP contribution in [0.3, 0.4) is 0 Å². The van der Waals surface area contributed by atoms with Gasteiger partial charge >= 0.3 is 0 Å². The lowest BCUT2D eigenvalue weighted by molar-refractivity contribution is 0.563. The molecule has 0 heterocycles. The van der Waals surface area contributed by atoms with Crippen LogP contribution in [0.5, 0.6) is 0 Å². The van der Waals surface area contributed by atoms with Crippen LogP contribution in [0.2, 0.25) is 0 Å². The molecular weight excluding hydrogens is 211 g/mol. The van der Waals surface area contributed by atoms with Crippen LogP contribution in [0.15, 0.2) is 11.9 Å². The molecule has 1 atom stereocenters. The maximum absolute atomic E-state index is 2.31. The van der Waals surface area contributed by atoms with Crippen LogP contribution in [-0.2, 0) is 0 Å². The van der Waals surface area contributed by atoms with E-state index in [4.69, 9.17) is 0 Å². The third-order valence-electron chi connectivity index (χ3n) is 2.96. The molecule has 0 rings (SSSR count). The van der Waals surface area contributed by atoms with Crippen LogP contribution in [0, 0.1) is 0 Å². The van der Waals surface area contributed by atoms with Gasteiger partial charge in [-0.3, -0.25) is 0 Å². The molecule has 0 aliphatic heterocycles. The van der Waals surface area contributed by atoms with E-state index in [1.807, 2.05) is 0 Å². The summed E-state index contributed by atoms with van der Waals surface area (Å²) in [5.74, 6) is 2.31. The number of rotatable bonds is 12. The number of allylic oxidation sites excluding steroid dienone is 1. The van der Waals surface area contributed by atoms with Crippen molar-refractivity contribution in [3.05, 3.63) is 11.9 Å². The molecule has 0 bridgehead atoms. The Kier molecular flexibility index (Phi) is 15.3. The van der Waals surface area contributed by atoms with E-state index in [2.05, 4.69) is 25.7 Å². The Labute approximate surface area is 105 Å². The molecule has 0 aromatic heterocycles. The van der Waals surface area contributed by atoms with E-state index in [0.717, 1.165) is 8.58 Å². The Bertz CT molecular complexity index is 140. The lowest BCUT2D eigenvalue weighted by atomic mass is 10.1. The quantitative estimate of drug-likeness (QED) is 0.286. The highest BCUT2D eigenvalue weighted by Gasteiger charge is 1.92. The summed E-state index contributed by atoms with van der Waals surface area (Å²) in [6, 6.07) is 0. The molecular formula is C15H31P. The van der Waals surface area contributed by atoms with Crippen LogP contribution in [-0.4, -0.2) is 6.16 Å². The Balaban J connectivity index is 2.88. The van der Waals surface area contributed by atoms with Gasteiger partial charge < -0.3 is 0 Å². The van der Waals surface area contributed by atoms with Crippen molar-refractivity contribution in [3.63, 3.8) is 0 Å². The van der Waals surface area contributed by atoms with Crippen LogP contribution in [0.1, 0.15) is 78.1 Å². The van der Waals surface area contributed by atoms with Crippen LogP contribution in [0.25, 0.3) is 0 Å². The molecule has 16 heavy (non-hydrogen) atoms. The molecule has 0 fully saturated rings. The number of hydrogen-bond acceptors (Lipinski definition) is 0. The van der Waals surface area contributed by atoms with Gasteiger partial charge in [0, 0.05) is 0 Å². The summed E-state index contributed by atoms with van der Waals surface area (Å²) in [6.45, 7) is 4.40. The van der Waals surface area contributed by atoms with Crippen molar-refractivity contribution in [3.8, 4) is 0 Å². The Hall–Kier alpha value is 0.170. The average molecular weight is 242 g/mol. The Morgan fingerprint density at radius 3 is 1.75 bits per heavy atom. The second-order valence-corrected chi connectivity index (χ2v) is 5.88. The summed E-state index contributed by atoms with van der Waals surface area (Å²) in [6.07, 6.45) is 18.1. The fraction of sp³-hybridized carbons (Fsp3) is 0.867. The van der Waals surface area contributed by atoms with Gasteiger partial charge in [0.05, 0.1) is 0 Å². The zero-order valence-electron chi connectivity index (χ0n) is 11.4. The monoisotopic (exact) mass is 242 g/mol. The van der Waals surface area contributed by atoms with Crippen molar-refractivity contribution < 1.29 is 0 Å². The van der Waals surface area contributed by atoms with Crippen molar-refractivity contribution in [1.29, 1.82) is 0 Å². The number of unbranched alkanes of at least 4 members (excludes halogenated alkanes) is 9. The molecule has 0 aliphatic carbocycles. The topological polar surface area (TPSA) is 0 Å². The first-order chi connectivity index (χ1) is 7.91. The summed E-state index contributed by atoms with van der Waals surface area (Å²) in [4.78, 5) is 0. The van der Waals surface area contributed by atoms with E-state index < -0.39 is 0 Å². The Morgan fingerprint density at radius 1 is 0.750 bits per heavy atom. The normalized spacial score (nSPS) is 12.1. The minimum absolute atomic E-state index is 1.06. The van der Waals surface area contributed by atoms with Crippen molar-refractivity contribution in [2.45, 2.75) is 78.1 Å². The third-order valence-corrected chi connectivity index (χ3v) is 4.17. The van der Waals surface area contributed by atoms with Crippen LogP contribution >= 0.6 is 8.58 Å². The maximum Gasteiger partial charge on any atom is -0.0319 e. The molecule has 0 saturated heterocycles. The van der Waals surface area contributed by atoms with E-state index in [9.17, 15) is 0 Å². The lowest BCUT2D eigenvalue weighted by Crippen LogP contribution is -1.82. The second kappa shape index (κ2) is 15.2. The van der Waals surface area contributed by atoms with Crippen LogP contribution < -0.4 is 0 Å². The van der Waals surface area contributed by atoms with Crippen molar-refractivity contribution in [2.24, 2.45) is 0 Å². The van der Waals surface area contributed by atoms with Gasteiger partial charge in [-0.05, 0) is 19.5 Å². The molecule has 1 unspecified atom stereocenters. The van der Waals surface area contributed by atoms with E-state index in [1.165, 1.54) is 70.4 Å². The predicted molar refractivity (Wildman–Crippen MR) is 79.8 cm³/mol. The third kappa shape index (κ3) is 14.2. The molecule has 96 valence electrons. The fourth-order valence-corrected chi connectivity index (χ4v) is 2.77. The summed E-state index contributed by atoms with van der Waals surface area (Å²) in [7, 11) is 1.06. The number of hydrogen-bond donors (Lipinski definition) is 0. The van der Waals surface area contributed by atoms with Gasteiger partial charge in [0.2, 0.25) is 0 Å². The van der Waals surface area contributed by atoms with E-state index in [0.29, 0.717) is 0 Å². The molecule has 0 nitrogen and oxygen atoms in total. The maximum atomic E-state index is 2.31. The summed E-state index contributed by atoms with van der Waals surface area (Å²) >= 11 is 0. The van der Waals surface area contributed by atoms with Gasteiger partial charge in [0.1, 0.15) is 0 Å². The van der Waals surface area contributed by atoms with Gasteiger partial charge in [-0.15, -0.1) is 0 Å². The molecule has 0 aromatic carbocycles. The average Bonchev–Trinajstić information content (AvgIpc) is 2.31. The van der Waals surface area contributed by atoms with Gasteiger partial charge in [0.25, 0.3) is 0 Å². The van der Waals surface area contributed by atoms with Gasteiger partial charge in [-0.25, -0.2) is 0 Å². The minimum Gasteiger partial charge on any atom is -0.0988 e. The highest BCUT2D eigenvalue weighted by molar-refractivity contribution is 7.41. The van der Waals surface area contributed by atoms with Gasteiger partial charge in [-0.1, -0.05) is 85.2 Å². The van der Waals surface area contributed by atoms with E-state index >= 15 is 0 Å². The first kappa shape index (κ1) is 16.2. The van der Waals surface area contributed by atoms with E-state index in [-0.39, 0.29) is 0 Å². The van der Waals surface area contributed by atoms with Gasteiger partial charge in [0.15, 0.2) is 0 Å². The second-order valence-electron chi connectivity index (χ2n) is 4.64. The fourth-order valence-electron chi connectivity index (χ4n) is 1.92. The summed E-state index contributed by atoms with van der Waals surface area (Å²) < 4.78 is 0. The summed E-state index contributed by atoms with van der Waals surface area (Å²) in [5.41, 5.74) is 0. The molecule has 0 aromatic rings. The predicted octanol–water partition coefficient (Wildman–Crippen LogP) is 6.12. The first-order valence-corrected chi connectivity index (χ1v) is 8.54. The van der Waals surface area contributed by atoms with Crippen LogP contribution in [0.4, 0.5) is 0 Å². The highest BCUT2D eigenvalue weighted by Crippen LogP contribution is 2.16. The molecule has 0 amide bonds. The van der Waals surface area contributed by atoms with Crippen molar-refractivity contribution >= 4 is 8.58 Å². The van der Waals surface area contributed by atoms with Crippen molar-refractivity contribution in [1.82, 2.24) is 0 Å². The SMILES string of the molecule is C/C=C\PCCCCCCCCCCCC. The smallest absolute Gasteiger partial charge is 0.0319 e. The summed E-state index contributed by atoms with van der Waals surface area (Å²) in [5, 5.41) is 0. The van der Waals surface area contributed by atoms with Gasteiger partial charge in [-0.2, -0.15) is 0 Å². The lowest BCUT2D eigenvalue weighted by Gasteiger charge is -2.01. The molecule has 0 spiro atoms. The minimum atomic E-state index is 1.06. The molecule has 1 heteroatoms. The Morgan fingerprint density at radius 2 is 1.25 bits per heavy atom. The molecule has 0 saturated carbocycles. The van der Waals surface area contributed by atoms with Crippen molar-refractivity contribution in [2.75, 3.05) is 6.16 Å². The first-order valence-electron chi connectivity index (χ1n) is 7.26. The largest absolute Gasteiger partial charge is 0.0988 e. The highest BCUT2D eigenvalue weighted by atomic mass is 31.1. The zero-order chi connectivity index (χ0) is 11.9. The molecule has 0 radical (unpaired) electrons. The molecule has 0 N–H and O–H groups in total. The van der Waals surface area contributed by atoms with E-state index in [1.54, 1.807) is 0 Å². The molecule has 0 aliphatic rings. The zero-order valence-corrected chi connectivity index (χ0v) is 12.4. The standard InChI is InChI=1S/C15H31P/c1-3-5-6-7-8-9-10-11-12-13-15-16-14-4-2/h4,14,16H,3,5-13,15H2,1-2H3/b14-4-.